The van der Waals surface area contributed by atoms with Crippen molar-refractivity contribution < 1.29 is 9.18 Å². The Labute approximate surface area is 110 Å². The van der Waals surface area contributed by atoms with Crippen LogP contribution in [-0.2, 0) is 6.42 Å². The summed E-state index contributed by atoms with van der Waals surface area (Å²) in [4.78, 5) is 16.3. The standard InChI is InChI=1S/C14H14FNOS/c1-8-4-9(2)14(12(15)5-8)13(17)6-11-7-18-10(3)16-11/h4-5,7H,6H2,1-3H3. The molecule has 18 heavy (non-hydrogen) atoms. The van der Waals surface area contributed by atoms with Crippen LogP contribution in [0, 0.1) is 26.6 Å². The molecule has 1 aromatic heterocycles. The number of Topliss-reactive ketones (excluding diaryl/α,β-unsaturated/α-hetero) is 1. The number of thiazole rings is 1. The Morgan fingerprint density at radius 3 is 2.61 bits per heavy atom. The van der Waals surface area contributed by atoms with Crippen molar-refractivity contribution >= 4 is 17.1 Å². The van der Waals surface area contributed by atoms with E-state index in [2.05, 4.69) is 4.98 Å². The minimum atomic E-state index is -0.440. The number of halogens is 1. The van der Waals surface area contributed by atoms with Gasteiger partial charge in [0.15, 0.2) is 5.78 Å². The minimum Gasteiger partial charge on any atom is -0.294 e. The highest BCUT2D eigenvalue weighted by Crippen LogP contribution is 2.18. The van der Waals surface area contributed by atoms with E-state index in [0.717, 1.165) is 10.6 Å². The summed E-state index contributed by atoms with van der Waals surface area (Å²) >= 11 is 1.50. The van der Waals surface area contributed by atoms with Crippen molar-refractivity contribution in [2.75, 3.05) is 0 Å². The zero-order chi connectivity index (χ0) is 13.3. The van der Waals surface area contributed by atoms with Gasteiger partial charge in [-0.2, -0.15) is 0 Å². The normalized spacial score (nSPS) is 10.7. The molecule has 4 heteroatoms. The van der Waals surface area contributed by atoms with Gasteiger partial charge in [0.25, 0.3) is 0 Å². The van der Waals surface area contributed by atoms with E-state index in [1.54, 1.807) is 6.92 Å². The average Bonchev–Trinajstić information content (AvgIpc) is 2.62. The van der Waals surface area contributed by atoms with Crippen molar-refractivity contribution in [3.05, 3.63) is 50.7 Å². The van der Waals surface area contributed by atoms with Gasteiger partial charge in [-0.3, -0.25) is 4.79 Å². The maximum atomic E-state index is 13.8. The first-order valence-electron chi connectivity index (χ1n) is 5.68. The molecule has 0 unspecified atom stereocenters. The maximum Gasteiger partial charge on any atom is 0.172 e. The Hall–Kier alpha value is -1.55. The van der Waals surface area contributed by atoms with Crippen LogP contribution in [-0.4, -0.2) is 10.8 Å². The molecule has 1 heterocycles. The van der Waals surface area contributed by atoms with E-state index in [1.165, 1.54) is 17.4 Å². The summed E-state index contributed by atoms with van der Waals surface area (Å²) in [6, 6.07) is 3.22. The van der Waals surface area contributed by atoms with Crippen LogP contribution in [0.3, 0.4) is 0 Å². The molecule has 0 N–H and O–H groups in total. The van der Waals surface area contributed by atoms with Crippen LogP contribution in [0.25, 0.3) is 0 Å². The number of aryl methyl sites for hydroxylation is 3. The van der Waals surface area contributed by atoms with Gasteiger partial charge < -0.3 is 0 Å². The molecule has 0 saturated heterocycles. The van der Waals surface area contributed by atoms with Gasteiger partial charge in [-0.15, -0.1) is 11.3 Å². The smallest absolute Gasteiger partial charge is 0.172 e. The molecular formula is C14H14FNOS. The molecule has 0 aliphatic rings. The van der Waals surface area contributed by atoms with E-state index in [-0.39, 0.29) is 17.8 Å². The highest BCUT2D eigenvalue weighted by Gasteiger charge is 2.16. The zero-order valence-electron chi connectivity index (χ0n) is 10.6. The molecule has 0 saturated carbocycles. The average molecular weight is 263 g/mol. The number of nitrogens with zero attached hydrogens (tertiary/aromatic N) is 1. The largest absolute Gasteiger partial charge is 0.294 e. The van der Waals surface area contributed by atoms with E-state index >= 15 is 0 Å². The van der Waals surface area contributed by atoms with Gasteiger partial charge >= 0.3 is 0 Å². The third-order valence-electron chi connectivity index (χ3n) is 2.72. The van der Waals surface area contributed by atoms with Gasteiger partial charge in [-0.05, 0) is 38.0 Å². The molecule has 2 aromatic rings. The van der Waals surface area contributed by atoms with E-state index < -0.39 is 5.82 Å². The Balaban J connectivity index is 2.29. The SMILES string of the molecule is Cc1cc(C)c(C(=O)Cc2csc(C)n2)c(F)c1. The lowest BCUT2D eigenvalue weighted by Crippen LogP contribution is -2.09. The zero-order valence-corrected chi connectivity index (χ0v) is 11.4. The second kappa shape index (κ2) is 4.98. The van der Waals surface area contributed by atoms with Crippen LogP contribution >= 0.6 is 11.3 Å². The van der Waals surface area contributed by atoms with E-state index in [9.17, 15) is 9.18 Å². The summed E-state index contributed by atoms with van der Waals surface area (Å²) < 4.78 is 13.8. The molecule has 1 aromatic carbocycles. The number of carbonyl (C=O) groups excluding carboxylic acids is 1. The van der Waals surface area contributed by atoms with E-state index in [1.807, 2.05) is 25.3 Å². The predicted octanol–water partition coefficient (Wildman–Crippen LogP) is 3.63. The molecule has 0 aliphatic heterocycles. The second-order valence-electron chi connectivity index (χ2n) is 4.40. The summed E-state index contributed by atoms with van der Waals surface area (Å²) in [5.41, 5.74) is 2.41. The molecule has 0 fully saturated rings. The Morgan fingerprint density at radius 2 is 2.06 bits per heavy atom. The number of aromatic nitrogens is 1. The summed E-state index contributed by atoms with van der Waals surface area (Å²) in [5, 5.41) is 2.76. The van der Waals surface area contributed by atoms with Crippen LogP contribution < -0.4 is 0 Å². The van der Waals surface area contributed by atoms with Gasteiger partial charge in [0, 0.05) is 5.38 Å². The van der Waals surface area contributed by atoms with Crippen LogP contribution in [0.4, 0.5) is 4.39 Å². The predicted molar refractivity (Wildman–Crippen MR) is 70.8 cm³/mol. The molecule has 0 atom stereocenters. The Kier molecular flexibility index (Phi) is 3.57. The van der Waals surface area contributed by atoms with Crippen LogP contribution in [0.5, 0.6) is 0 Å². The summed E-state index contributed by atoms with van der Waals surface area (Å²) in [6.07, 6.45) is 0.158. The fourth-order valence-corrected chi connectivity index (χ4v) is 2.62. The first-order chi connectivity index (χ1) is 8.47. The van der Waals surface area contributed by atoms with Crippen LogP contribution in [0.1, 0.15) is 32.2 Å². The number of benzene rings is 1. The number of hydrogen-bond acceptors (Lipinski definition) is 3. The van der Waals surface area contributed by atoms with Crippen LogP contribution in [0.15, 0.2) is 17.5 Å². The second-order valence-corrected chi connectivity index (χ2v) is 5.46. The summed E-state index contributed by atoms with van der Waals surface area (Å²) in [5.74, 6) is -0.653. The van der Waals surface area contributed by atoms with Gasteiger partial charge in [-0.25, -0.2) is 9.37 Å². The molecule has 0 spiro atoms. The maximum absolute atomic E-state index is 13.8. The lowest BCUT2D eigenvalue weighted by Gasteiger charge is -2.07. The molecule has 0 radical (unpaired) electrons. The number of rotatable bonds is 3. The minimum absolute atomic E-state index is 0.158. The van der Waals surface area contributed by atoms with Crippen molar-refractivity contribution in [3.63, 3.8) is 0 Å². The van der Waals surface area contributed by atoms with Gasteiger partial charge in [-0.1, -0.05) is 6.07 Å². The molecule has 0 aliphatic carbocycles. The molecular weight excluding hydrogens is 249 g/mol. The van der Waals surface area contributed by atoms with E-state index in [0.29, 0.717) is 11.3 Å². The topological polar surface area (TPSA) is 30.0 Å². The fourth-order valence-electron chi connectivity index (χ4n) is 2.01. The Morgan fingerprint density at radius 1 is 1.33 bits per heavy atom. The first-order valence-corrected chi connectivity index (χ1v) is 6.56. The van der Waals surface area contributed by atoms with Crippen molar-refractivity contribution in [1.29, 1.82) is 0 Å². The molecule has 94 valence electrons. The lowest BCUT2D eigenvalue weighted by molar-refractivity contribution is 0.0987. The van der Waals surface area contributed by atoms with Crippen molar-refractivity contribution in [3.8, 4) is 0 Å². The molecule has 2 nitrogen and oxygen atoms in total. The summed E-state index contributed by atoms with van der Waals surface area (Å²) in [6.45, 7) is 5.46. The van der Waals surface area contributed by atoms with E-state index in [4.69, 9.17) is 0 Å². The van der Waals surface area contributed by atoms with Gasteiger partial charge in [0.1, 0.15) is 5.82 Å². The first kappa shape index (κ1) is 12.9. The lowest BCUT2D eigenvalue weighted by atomic mass is 9.99. The van der Waals surface area contributed by atoms with Crippen molar-refractivity contribution in [2.24, 2.45) is 0 Å². The van der Waals surface area contributed by atoms with Crippen LogP contribution in [0.2, 0.25) is 0 Å². The third-order valence-corrected chi connectivity index (χ3v) is 3.54. The number of ketones is 1. The number of hydrogen-bond donors (Lipinski definition) is 0. The highest BCUT2D eigenvalue weighted by molar-refractivity contribution is 7.09. The molecule has 0 bridgehead atoms. The monoisotopic (exact) mass is 263 g/mol. The van der Waals surface area contributed by atoms with Gasteiger partial charge in [0.05, 0.1) is 22.7 Å². The highest BCUT2D eigenvalue weighted by atomic mass is 32.1. The quantitative estimate of drug-likeness (QED) is 0.791. The fraction of sp³-hybridized carbons (Fsp3) is 0.286. The Bertz CT molecular complexity index is 581. The molecule has 0 amide bonds. The van der Waals surface area contributed by atoms with Crippen molar-refractivity contribution in [2.45, 2.75) is 27.2 Å². The number of carbonyl (C=O) groups is 1. The molecule has 2 rings (SSSR count). The van der Waals surface area contributed by atoms with Crippen molar-refractivity contribution in [1.82, 2.24) is 4.98 Å². The van der Waals surface area contributed by atoms with Gasteiger partial charge in [0.2, 0.25) is 0 Å². The summed E-state index contributed by atoms with van der Waals surface area (Å²) in [7, 11) is 0. The third kappa shape index (κ3) is 2.64.